The Hall–Kier alpha value is -1.56. The molecule has 1 N–H and O–H groups in total. The van der Waals surface area contributed by atoms with Crippen molar-refractivity contribution in [3.8, 4) is 0 Å². The van der Waals surface area contributed by atoms with Gasteiger partial charge in [-0.15, -0.1) is 0 Å². The standard InChI is InChI=1S/C16H19F3N2O/c17-16(18,19)13-3-1-12(2-4-13)9-14(22)21-8-6-15(11-21)5-7-20-10-15/h1-4,20H,5-11H2. The number of benzene rings is 1. The van der Waals surface area contributed by atoms with Gasteiger partial charge in [0.15, 0.2) is 0 Å². The summed E-state index contributed by atoms with van der Waals surface area (Å²) >= 11 is 0. The van der Waals surface area contributed by atoms with Crippen molar-refractivity contribution in [1.82, 2.24) is 10.2 Å². The number of nitrogens with zero attached hydrogens (tertiary/aromatic N) is 1. The van der Waals surface area contributed by atoms with E-state index in [0.717, 1.165) is 51.2 Å². The Morgan fingerprint density at radius 3 is 2.55 bits per heavy atom. The molecule has 1 aromatic rings. The maximum Gasteiger partial charge on any atom is 0.416 e. The first-order chi connectivity index (χ1) is 10.4. The first-order valence-electron chi connectivity index (χ1n) is 7.53. The lowest BCUT2D eigenvalue weighted by Gasteiger charge is -2.22. The van der Waals surface area contributed by atoms with Gasteiger partial charge in [0.1, 0.15) is 0 Å². The highest BCUT2D eigenvalue weighted by Gasteiger charge is 2.41. The van der Waals surface area contributed by atoms with Crippen molar-refractivity contribution in [3.05, 3.63) is 35.4 Å². The topological polar surface area (TPSA) is 32.3 Å². The fourth-order valence-electron chi connectivity index (χ4n) is 3.39. The van der Waals surface area contributed by atoms with E-state index in [2.05, 4.69) is 5.32 Å². The lowest BCUT2D eigenvalue weighted by Crippen LogP contribution is -2.34. The molecule has 3 rings (SSSR count). The van der Waals surface area contributed by atoms with Gasteiger partial charge in [0.2, 0.25) is 5.91 Å². The van der Waals surface area contributed by atoms with Crippen LogP contribution in [-0.4, -0.2) is 37.0 Å². The zero-order chi connectivity index (χ0) is 15.8. The predicted molar refractivity (Wildman–Crippen MR) is 76.3 cm³/mol. The molecular formula is C16H19F3N2O. The summed E-state index contributed by atoms with van der Waals surface area (Å²) in [6.07, 6.45) is -2.06. The largest absolute Gasteiger partial charge is 0.416 e. The van der Waals surface area contributed by atoms with E-state index in [9.17, 15) is 18.0 Å². The van der Waals surface area contributed by atoms with E-state index >= 15 is 0 Å². The van der Waals surface area contributed by atoms with Crippen LogP contribution in [0.15, 0.2) is 24.3 Å². The molecule has 0 bridgehead atoms. The van der Waals surface area contributed by atoms with Crippen molar-refractivity contribution in [3.63, 3.8) is 0 Å². The monoisotopic (exact) mass is 312 g/mol. The van der Waals surface area contributed by atoms with E-state index in [4.69, 9.17) is 0 Å². The van der Waals surface area contributed by atoms with Crippen LogP contribution in [-0.2, 0) is 17.4 Å². The van der Waals surface area contributed by atoms with Gasteiger partial charge < -0.3 is 10.2 Å². The smallest absolute Gasteiger partial charge is 0.342 e. The molecular weight excluding hydrogens is 293 g/mol. The molecule has 3 nitrogen and oxygen atoms in total. The number of hydrogen-bond acceptors (Lipinski definition) is 2. The van der Waals surface area contributed by atoms with Crippen molar-refractivity contribution < 1.29 is 18.0 Å². The molecule has 2 aliphatic rings. The van der Waals surface area contributed by atoms with Gasteiger partial charge in [-0.1, -0.05) is 12.1 Å². The minimum atomic E-state index is -4.33. The molecule has 1 amide bonds. The van der Waals surface area contributed by atoms with Gasteiger partial charge >= 0.3 is 6.18 Å². The second-order valence-electron chi connectivity index (χ2n) is 6.36. The Morgan fingerprint density at radius 1 is 1.23 bits per heavy atom. The molecule has 1 atom stereocenters. The molecule has 2 saturated heterocycles. The highest BCUT2D eigenvalue weighted by Crippen LogP contribution is 2.36. The van der Waals surface area contributed by atoms with Crippen LogP contribution in [0.25, 0.3) is 0 Å². The third-order valence-electron chi connectivity index (χ3n) is 4.76. The first-order valence-corrected chi connectivity index (χ1v) is 7.53. The lowest BCUT2D eigenvalue weighted by molar-refractivity contribution is -0.137. The Balaban J connectivity index is 1.60. The van der Waals surface area contributed by atoms with Crippen LogP contribution >= 0.6 is 0 Å². The van der Waals surface area contributed by atoms with Crippen LogP contribution in [0.1, 0.15) is 24.0 Å². The Morgan fingerprint density at radius 2 is 1.95 bits per heavy atom. The van der Waals surface area contributed by atoms with Crippen molar-refractivity contribution >= 4 is 5.91 Å². The number of rotatable bonds is 2. The normalized spacial score (nSPS) is 25.1. The fourth-order valence-corrected chi connectivity index (χ4v) is 3.39. The van der Waals surface area contributed by atoms with E-state index in [-0.39, 0.29) is 17.7 Å². The zero-order valence-corrected chi connectivity index (χ0v) is 12.2. The minimum Gasteiger partial charge on any atom is -0.342 e. The van der Waals surface area contributed by atoms with Crippen molar-refractivity contribution in [2.45, 2.75) is 25.4 Å². The van der Waals surface area contributed by atoms with Gasteiger partial charge in [-0.2, -0.15) is 13.2 Å². The molecule has 1 aromatic carbocycles. The van der Waals surface area contributed by atoms with Gasteiger partial charge in [0.05, 0.1) is 12.0 Å². The summed E-state index contributed by atoms with van der Waals surface area (Å²) in [6.45, 7) is 3.47. The van der Waals surface area contributed by atoms with Crippen LogP contribution in [0.4, 0.5) is 13.2 Å². The number of halogens is 3. The molecule has 2 heterocycles. The number of carbonyl (C=O) groups is 1. The van der Waals surface area contributed by atoms with Gasteiger partial charge in [-0.05, 0) is 37.1 Å². The first kappa shape index (κ1) is 15.3. The van der Waals surface area contributed by atoms with Crippen LogP contribution in [0.3, 0.4) is 0 Å². The number of amides is 1. The van der Waals surface area contributed by atoms with Crippen LogP contribution < -0.4 is 5.32 Å². The maximum atomic E-state index is 12.5. The summed E-state index contributed by atoms with van der Waals surface area (Å²) < 4.78 is 37.5. The minimum absolute atomic E-state index is 0.00327. The van der Waals surface area contributed by atoms with E-state index in [1.54, 1.807) is 0 Å². The summed E-state index contributed by atoms with van der Waals surface area (Å²) in [5.74, 6) is 0.00327. The Labute approximate surface area is 127 Å². The summed E-state index contributed by atoms with van der Waals surface area (Å²) in [5.41, 5.74) is 0.167. The molecule has 1 spiro atoms. The van der Waals surface area contributed by atoms with Gasteiger partial charge in [-0.3, -0.25) is 4.79 Å². The van der Waals surface area contributed by atoms with Crippen LogP contribution in [0, 0.1) is 5.41 Å². The van der Waals surface area contributed by atoms with Gasteiger partial charge in [0, 0.05) is 25.0 Å². The van der Waals surface area contributed by atoms with Crippen molar-refractivity contribution in [2.75, 3.05) is 26.2 Å². The molecule has 6 heteroatoms. The molecule has 0 aromatic heterocycles. The molecule has 2 fully saturated rings. The van der Waals surface area contributed by atoms with Crippen LogP contribution in [0.2, 0.25) is 0 Å². The third kappa shape index (κ3) is 3.11. The summed E-state index contributed by atoms with van der Waals surface area (Å²) in [6, 6.07) is 4.86. The van der Waals surface area contributed by atoms with Crippen molar-refractivity contribution in [1.29, 1.82) is 0 Å². The van der Waals surface area contributed by atoms with E-state index < -0.39 is 11.7 Å². The summed E-state index contributed by atoms with van der Waals surface area (Å²) in [7, 11) is 0. The molecule has 22 heavy (non-hydrogen) atoms. The average Bonchev–Trinajstić information content (AvgIpc) is 3.09. The number of likely N-dealkylation sites (tertiary alicyclic amines) is 1. The molecule has 0 radical (unpaired) electrons. The highest BCUT2D eigenvalue weighted by atomic mass is 19.4. The summed E-state index contributed by atoms with van der Waals surface area (Å²) in [5, 5.41) is 3.34. The number of alkyl halides is 3. The van der Waals surface area contributed by atoms with E-state index in [0.29, 0.717) is 5.56 Å². The van der Waals surface area contributed by atoms with Gasteiger partial charge in [-0.25, -0.2) is 0 Å². The van der Waals surface area contributed by atoms with E-state index in [1.807, 2.05) is 4.90 Å². The molecule has 1 unspecified atom stereocenters. The molecule has 0 saturated carbocycles. The highest BCUT2D eigenvalue weighted by molar-refractivity contribution is 5.79. The lowest BCUT2D eigenvalue weighted by atomic mass is 9.86. The number of carbonyl (C=O) groups excluding carboxylic acids is 1. The number of hydrogen-bond donors (Lipinski definition) is 1. The molecule has 120 valence electrons. The van der Waals surface area contributed by atoms with Gasteiger partial charge in [0.25, 0.3) is 0 Å². The SMILES string of the molecule is O=C(Cc1ccc(C(F)(F)F)cc1)N1CCC2(CCNC2)C1. The average molecular weight is 312 g/mol. The molecule has 2 aliphatic heterocycles. The predicted octanol–water partition coefficient (Wildman–Crippen LogP) is 2.46. The zero-order valence-electron chi connectivity index (χ0n) is 12.2. The maximum absolute atomic E-state index is 12.5. The molecule has 0 aliphatic carbocycles. The number of nitrogens with one attached hydrogen (secondary N) is 1. The second kappa shape index (κ2) is 5.57. The van der Waals surface area contributed by atoms with Crippen molar-refractivity contribution in [2.24, 2.45) is 5.41 Å². The second-order valence-corrected chi connectivity index (χ2v) is 6.36. The Bertz CT molecular complexity index is 548. The van der Waals surface area contributed by atoms with E-state index in [1.165, 1.54) is 12.1 Å². The summed E-state index contributed by atoms with van der Waals surface area (Å²) in [4.78, 5) is 14.2. The Kier molecular flexibility index (Phi) is 3.89. The third-order valence-corrected chi connectivity index (χ3v) is 4.76. The van der Waals surface area contributed by atoms with Crippen LogP contribution in [0.5, 0.6) is 0 Å². The quantitative estimate of drug-likeness (QED) is 0.910. The fraction of sp³-hybridized carbons (Fsp3) is 0.562.